The molecule has 126 valence electrons. The number of carbonyl (C=O) groups is 1. The lowest BCUT2D eigenvalue weighted by atomic mass is 10.3. The molecule has 3 rings (SSSR count). The highest BCUT2D eigenvalue weighted by molar-refractivity contribution is 8.01. The summed E-state index contributed by atoms with van der Waals surface area (Å²) >= 11 is 2.34. The number of nitrogens with zero attached hydrogens (tertiary/aromatic N) is 5. The number of aromatic nitrogens is 5. The van der Waals surface area contributed by atoms with Crippen molar-refractivity contribution in [2.45, 2.75) is 28.9 Å². The van der Waals surface area contributed by atoms with Gasteiger partial charge in [0.1, 0.15) is 5.03 Å². The fourth-order valence-corrected chi connectivity index (χ4v) is 4.01. The van der Waals surface area contributed by atoms with Crippen LogP contribution in [0.25, 0.3) is 5.65 Å². The van der Waals surface area contributed by atoms with Crippen molar-refractivity contribution in [1.29, 1.82) is 0 Å². The highest BCUT2D eigenvalue weighted by Crippen LogP contribution is 2.33. The topological polar surface area (TPSA) is 99.1 Å². The van der Waals surface area contributed by atoms with E-state index in [0.717, 1.165) is 11.8 Å². The van der Waals surface area contributed by atoms with Crippen LogP contribution in [0.4, 0.5) is 13.2 Å². The molecule has 0 bridgehead atoms. The number of fused-ring (bicyclic) bond motifs is 1. The van der Waals surface area contributed by atoms with E-state index < -0.39 is 17.9 Å². The summed E-state index contributed by atoms with van der Waals surface area (Å²) in [6.07, 6.45) is -4.58. The van der Waals surface area contributed by atoms with Crippen molar-refractivity contribution in [2.24, 2.45) is 5.73 Å². The lowest BCUT2D eigenvalue weighted by Crippen LogP contribution is -2.13. The molecule has 0 aliphatic heterocycles. The molecule has 0 atom stereocenters. The molecule has 0 saturated heterocycles. The predicted molar refractivity (Wildman–Crippen MR) is 79.7 cm³/mol. The van der Waals surface area contributed by atoms with Crippen LogP contribution >= 0.6 is 23.1 Å². The first-order chi connectivity index (χ1) is 11.2. The van der Waals surface area contributed by atoms with Crippen LogP contribution in [0.2, 0.25) is 0 Å². The van der Waals surface area contributed by atoms with Gasteiger partial charge in [0.05, 0.1) is 12.1 Å². The van der Waals surface area contributed by atoms with Crippen molar-refractivity contribution in [1.82, 2.24) is 24.8 Å². The van der Waals surface area contributed by atoms with Crippen LogP contribution in [-0.4, -0.2) is 30.7 Å². The minimum Gasteiger partial charge on any atom is -0.369 e. The number of carbonyl (C=O) groups excluding carboxylic acids is 1. The van der Waals surface area contributed by atoms with E-state index in [1.807, 2.05) is 0 Å². The van der Waals surface area contributed by atoms with Crippen LogP contribution in [0.1, 0.15) is 16.4 Å². The number of hydrogen-bond acceptors (Lipinski definition) is 7. The zero-order valence-electron chi connectivity index (χ0n) is 12.0. The quantitative estimate of drug-likeness (QED) is 0.751. The molecule has 7 nitrogen and oxygen atoms in total. The zero-order chi connectivity index (χ0) is 17.5. The second-order valence-corrected chi connectivity index (χ2v) is 7.05. The van der Waals surface area contributed by atoms with Gasteiger partial charge < -0.3 is 5.73 Å². The van der Waals surface area contributed by atoms with Crippen LogP contribution < -0.4 is 5.73 Å². The first kappa shape index (κ1) is 16.6. The molecule has 24 heavy (non-hydrogen) atoms. The fraction of sp³-hybridized carbons (Fsp3) is 0.250. The number of amides is 1. The molecule has 3 aromatic rings. The molecule has 3 aromatic heterocycles. The van der Waals surface area contributed by atoms with E-state index in [-0.39, 0.29) is 12.1 Å². The van der Waals surface area contributed by atoms with Gasteiger partial charge in [-0.25, -0.2) is 4.98 Å². The zero-order valence-corrected chi connectivity index (χ0v) is 13.7. The van der Waals surface area contributed by atoms with E-state index >= 15 is 0 Å². The second kappa shape index (κ2) is 6.02. The van der Waals surface area contributed by atoms with Gasteiger partial charge in [0.2, 0.25) is 5.91 Å². The molecule has 2 N–H and O–H groups in total. The summed E-state index contributed by atoms with van der Waals surface area (Å²) in [5.41, 5.74) is 5.81. The first-order valence-corrected chi connectivity index (χ1v) is 8.09. The third kappa shape index (κ3) is 3.33. The molecule has 3 heterocycles. The second-order valence-electron chi connectivity index (χ2n) is 4.70. The number of primary amides is 1. The van der Waals surface area contributed by atoms with Crippen molar-refractivity contribution in [3.8, 4) is 0 Å². The Hall–Kier alpha value is -2.21. The van der Waals surface area contributed by atoms with Crippen molar-refractivity contribution >= 4 is 34.7 Å². The molecule has 1 amide bonds. The molecule has 0 saturated carbocycles. The first-order valence-electron chi connectivity index (χ1n) is 6.46. The lowest BCUT2D eigenvalue weighted by Gasteiger charge is -2.03. The summed E-state index contributed by atoms with van der Waals surface area (Å²) in [7, 11) is 0. The average Bonchev–Trinajstić information content (AvgIpc) is 3.02. The van der Waals surface area contributed by atoms with Gasteiger partial charge in [-0.15, -0.1) is 21.5 Å². The van der Waals surface area contributed by atoms with Crippen molar-refractivity contribution < 1.29 is 18.0 Å². The smallest absolute Gasteiger partial charge is 0.369 e. The Balaban J connectivity index is 1.92. The molecule has 0 aromatic carbocycles. The number of halogens is 3. The van der Waals surface area contributed by atoms with Gasteiger partial charge in [0.15, 0.2) is 9.99 Å². The number of aryl methyl sites for hydroxylation is 1. The Kier molecular flexibility index (Phi) is 4.17. The monoisotopic (exact) mass is 374 g/mol. The third-order valence-electron chi connectivity index (χ3n) is 2.89. The van der Waals surface area contributed by atoms with Crippen LogP contribution in [0.3, 0.4) is 0 Å². The van der Waals surface area contributed by atoms with Crippen molar-refractivity contribution in [2.75, 3.05) is 0 Å². The van der Waals surface area contributed by atoms with E-state index in [1.54, 1.807) is 6.92 Å². The number of thiazole rings is 1. The number of alkyl halides is 3. The summed E-state index contributed by atoms with van der Waals surface area (Å²) in [5.74, 6) is -1.66. The maximum absolute atomic E-state index is 12.9. The van der Waals surface area contributed by atoms with Gasteiger partial charge in [-0.3, -0.25) is 4.79 Å². The third-order valence-corrected chi connectivity index (χ3v) is 5.04. The van der Waals surface area contributed by atoms with Gasteiger partial charge in [-0.1, -0.05) is 0 Å². The Bertz CT molecular complexity index is 919. The number of hydrogen-bond donors (Lipinski definition) is 1. The summed E-state index contributed by atoms with van der Waals surface area (Å²) in [6, 6.07) is 2.92. The molecule has 0 spiro atoms. The fourth-order valence-electron chi connectivity index (χ4n) is 1.86. The van der Waals surface area contributed by atoms with Crippen LogP contribution in [-0.2, 0) is 17.4 Å². The van der Waals surface area contributed by atoms with Gasteiger partial charge in [0.25, 0.3) is 5.82 Å². The molecule has 0 aliphatic rings. The van der Waals surface area contributed by atoms with E-state index in [4.69, 9.17) is 5.73 Å². The normalized spacial score (nSPS) is 12.0. The average molecular weight is 374 g/mol. The van der Waals surface area contributed by atoms with E-state index in [1.165, 1.54) is 23.5 Å². The summed E-state index contributed by atoms with van der Waals surface area (Å²) in [5, 5.41) is 10.8. The SMILES string of the molecule is Cc1nc(Sc2ccc3nnc(C(F)(F)F)n3n2)sc1CC(N)=O. The molecule has 0 aliphatic carbocycles. The highest BCUT2D eigenvalue weighted by atomic mass is 32.2. The van der Waals surface area contributed by atoms with E-state index in [0.29, 0.717) is 24.5 Å². The minimum atomic E-state index is -4.65. The van der Waals surface area contributed by atoms with Gasteiger partial charge in [-0.2, -0.15) is 22.8 Å². The molecule has 0 unspecified atom stereocenters. The number of rotatable bonds is 4. The van der Waals surface area contributed by atoms with Crippen molar-refractivity contribution in [3.05, 3.63) is 28.5 Å². The molecular weight excluding hydrogens is 365 g/mol. The van der Waals surface area contributed by atoms with Gasteiger partial charge >= 0.3 is 6.18 Å². The summed E-state index contributed by atoms with van der Waals surface area (Å²) < 4.78 is 39.8. The predicted octanol–water partition coefficient (Wildman–Crippen LogP) is 2.09. The van der Waals surface area contributed by atoms with Gasteiger partial charge in [0, 0.05) is 4.88 Å². The summed E-state index contributed by atoms with van der Waals surface area (Å²) in [4.78, 5) is 16.0. The van der Waals surface area contributed by atoms with Crippen molar-refractivity contribution in [3.63, 3.8) is 0 Å². The maximum atomic E-state index is 12.9. The minimum absolute atomic E-state index is 0.00332. The van der Waals surface area contributed by atoms with Crippen LogP contribution in [0.5, 0.6) is 0 Å². The van der Waals surface area contributed by atoms with Gasteiger partial charge in [-0.05, 0) is 30.8 Å². The van der Waals surface area contributed by atoms with E-state index in [2.05, 4.69) is 20.3 Å². The number of nitrogens with two attached hydrogens (primary N) is 1. The Morgan fingerprint density at radius 1 is 1.38 bits per heavy atom. The summed E-state index contributed by atoms with van der Waals surface area (Å²) in [6.45, 7) is 1.73. The van der Waals surface area contributed by atoms with E-state index in [9.17, 15) is 18.0 Å². The molecule has 0 fully saturated rings. The largest absolute Gasteiger partial charge is 0.453 e. The lowest BCUT2D eigenvalue weighted by molar-refractivity contribution is -0.146. The van der Waals surface area contributed by atoms with Crippen LogP contribution in [0.15, 0.2) is 21.5 Å². The molecular formula is C12H9F3N6OS2. The Labute approximate surface area is 141 Å². The molecule has 12 heteroatoms. The maximum Gasteiger partial charge on any atom is 0.453 e. The molecule has 0 radical (unpaired) electrons. The highest BCUT2D eigenvalue weighted by Gasteiger charge is 2.37. The standard InChI is InChI=1S/C12H9F3N6OS2/c1-5-6(4-7(16)22)23-11(17-5)24-9-3-2-8-18-19-10(12(13,14)15)21(8)20-9/h2-3H,4H2,1H3,(H2,16,22). The Morgan fingerprint density at radius 2 is 2.12 bits per heavy atom. The Morgan fingerprint density at radius 3 is 2.79 bits per heavy atom. The van der Waals surface area contributed by atoms with Crippen LogP contribution in [0, 0.1) is 6.92 Å².